The summed E-state index contributed by atoms with van der Waals surface area (Å²) in [5.41, 5.74) is 2.14. The quantitative estimate of drug-likeness (QED) is 0.476. The van der Waals surface area contributed by atoms with E-state index in [0.717, 1.165) is 44.6 Å². The highest BCUT2D eigenvalue weighted by atomic mass is 18.2. The minimum Gasteiger partial charge on any atom is -0.491 e. The topological polar surface area (TPSA) is 45.9 Å². The summed E-state index contributed by atoms with van der Waals surface area (Å²) in [5, 5.41) is 0. The zero-order valence-electron chi connectivity index (χ0n) is 18.2. The van der Waals surface area contributed by atoms with Crippen LogP contribution in [0.25, 0.3) is 0 Å². The molecule has 1 aliphatic rings. The third-order valence-corrected chi connectivity index (χ3v) is 5.89. The molecule has 0 atom stereocenters. The van der Waals surface area contributed by atoms with Crippen LogP contribution in [-0.2, 0) is 6.42 Å². The largest absolute Gasteiger partial charge is 0.491 e. The predicted octanol–water partition coefficient (Wildman–Crippen LogP) is 4.98. The molecule has 2 aromatic carbocycles. The summed E-state index contributed by atoms with van der Waals surface area (Å²) < 4.78 is 22.9. The molecule has 1 saturated heterocycles. The number of carbonyl (C=O) groups is 1. The molecule has 1 fully saturated rings. The number of hydrogen-bond donors (Lipinski definition) is 0. The molecule has 1 amide bonds. The van der Waals surface area contributed by atoms with E-state index in [1.807, 2.05) is 59.5 Å². The maximum Gasteiger partial charge on any atom is 0.294 e. The average molecular weight is 436 g/mol. The molecular weight excluding hydrogens is 406 g/mol. The minimum absolute atomic E-state index is 0.0882. The first-order valence-electron chi connectivity index (χ1n) is 11.2. The standard InChI is InChI=1S/C26H29FN2O3/c27-15-20-31-24-10-8-21(9-11-24)12-16-28-17-13-23(14-18-28)29(22-5-2-1-3-6-22)26(30)25-7-4-19-32-25/h1-11,19,23H,12-18,20H2/i27-1. The lowest BCUT2D eigenvalue weighted by Gasteiger charge is -2.38. The van der Waals surface area contributed by atoms with Gasteiger partial charge in [-0.05, 0) is 61.2 Å². The van der Waals surface area contributed by atoms with Crippen molar-refractivity contribution >= 4 is 11.6 Å². The molecule has 1 aliphatic heterocycles. The Morgan fingerprint density at radius 3 is 2.44 bits per heavy atom. The van der Waals surface area contributed by atoms with E-state index in [4.69, 9.17) is 9.15 Å². The van der Waals surface area contributed by atoms with Gasteiger partial charge in [-0.25, -0.2) is 4.39 Å². The number of rotatable bonds is 9. The number of piperidine rings is 1. The Hall–Kier alpha value is -3.12. The van der Waals surface area contributed by atoms with Crippen LogP contribution < -0.4 is 9.64 Å². The van der Waals surface area contributed by atoms with Crippen molar-refractivity contribution in [3.8, 4) is 5.75 Å². The van der Waals surface area contributed by atoms with Crippen molar-refractivity contribution in [1.29, 1.82) is 0 Å². The van der Waals surface area contributed by atoms with Gasteiger partial charge in [-0.1, -0.05) is 30.3 Å². The number of hydrogen-bond acceptors (Lipinski definition) is 4. The van der Waals surface area contributed by atoms with Gasteiger partial charge in [-0.3, -0.25) is 4.79 Å². The molecule has 5 nitrogen and oxygen atoms in total. The molecule has 6 heteroatoms. The van der Waals surface area contributed by atoms with Crippen LogP contribution in [-0.4, -0.2) is 49.8 Å². The van der Waals surface area contributed by atoms with E-state index < -0.39 is 6.67 Å². The van der Waals surface area contributed by atoms with Crippen LogP contribution in [0.5, 0.6) is 5.75 Å². The van der Waals surface area contributed by atoms with E-state index in [1.165, 1.54) is 5.56 Å². The van der Waals surface area contributed by atoms with Gasteiger partial charge >= 0.3 is 0 Å². The Morgan fingerprint density at radius 1 is 1.03 bits per heavy atom. The highest BCUT2D eigenvalue weighted by Gasteiger charge is 2.30. The second kappa shape index (κ2) is 11.0. The molecule has 0 N–H and O–H groups in total. The van der Waals surface area contributed by atoms with Gasteiger partial charge in [0.05, 0.1) is 6.26 Å². The number of para-hydroxylation sites is 1. The van der Waals surface area contributed by atoms with E-state index in [-0.39, 0.29) is 18.6 Å². The molecular formula is C26H29FN2O3. The maximum atomic E-state index is 13.2. The van der Waals surface area contributed by atoms with E-state index in [1.54, 1.807) is 18.4 Å². The Labute approximate surface area is 188 Å². The SMILES string of the molecule is O=C(c1ccco1)N(c1ccccc1)C1CCN(CCc2ccc(OCC[18F])cc2)CC1. The summed E-state index contributed by atoms with van der Waals surface area (Å²) in [5.74, 6) is 0.986. The minimum atomic E-state index is -0.480. The third-order valence-electron chi connectivity index (χ3n) is 5.89. The van der Waals surface area contributed by atoms with Gasteiger partial charge in [0.1, 0.15) is 19.0 Å². The van der Waals surface area contributed by atoms with Gasteiger partial charge in [-0.2, -0.15) is 0 Å². The van der Waals surface area contributed by atoms with Crippen molar-refractivity contribution in [2.45, 2.75) is 25.3 Å². The lowest BCUT2D eigenvalue weighted by atomic mass is 10.0. The molecule has 0 radical (unpaired) electrons. The highest BCUT2D eigenvalue weighted by molar-refractivity contribution is 6.04. The summed E-state index contributed by atoms with van der Waals surface area (Å²) in [4.78, 5) is 17.5. The molecule has 0 bridgehead atoms. The second-order valence-electron chi connectivity index (χ2n) is 7.99. The summed E-state index contributed by atoms with van der Waals surface area (Å²) in [6.45, 7) is 2.46. The van der Waals surface area contributed by atoms with Gasteiger partial charge in [0.15, 0.2) is 5.76 Å². The number of amides is 1. The molecule has 0 saturated carbocycles. The van der Waals surface area contributed by atoms with Crippen LogP contribution in [0.4, 0.5) is 10.1 Å². The number of ether oxygens (including phenoxy) is 1. The molecule has 1 aromatic heterocycles. The smallest absolute Gasteiger partial charge is 0.294 e. The van der Waals surface area contributed by atoms with Crippen molar-refractivity contribution in [3.63, 3.8) is 0 Å². The van der Waals surface area contributed by atoms with Gasteiger partial charge in [0.25, 0.3) is 5.91 Å². The Morgan fingerprint density at radius 2 is 1.78 bits per heavy atom. The molecule has 4 rings (SSSR count). The lowest BCUT2D eigenvalue weighted by molar-refractivity contribution is 0.0933. The third kappa shape index (κ3) is 5.56. The van der Waals surface area contributed by atoms with E-state index in [9.17, 15) is 9.18 Å². The Bertz CT molecular complexity index is 953. The summed E-state index contributed by atoms with van der Waals surface area (Å²) in [7, 11) is 0. The zero-order chi connectivity index (χ0) is 22.2. The van der Waals surface area contributed by atoms with E-state index in [0.29, 0.717) is 11.5 Å². The Kier molecular flexibility index (Phi) is 7.56. The van der Waals surface area contributed by atoms with Gasteiger partial charge in [0.2, 0.25) is 0 Å². The number of halogens is 1. The zero-order valence-corrected chi connectivity index (χ0v) is 18.2. The summed E-state index contributed by atoms with van der Waals surface area (Å²) in [6.07, 6.45) is 4.31. The number of likely N-dealkylation sites (tertiary alicyclic amines) is 1. The number of anilines is 1. The van der Waals surface area contributed by atoms with Crippen LogP contribution in [0, 0.1) is 0 Å². The number of furan rings is 1. The van der Waals surface area contributed by atoms with Crippen LogP contribution in [0.1, 0.15) is 29.0 Å². The van der Waals surface area contributed by atoms with Crippen molar-refractivity contribution < 1.29 is 18.3 Å². The molecule has 32 heavy (non-hydrogen) atoms. The highest BCUT2D eigenvalue weighted by Crippen LogP contribution is 2.26. The molecule has 2 heterocycles. The van der Waals surface area contributed by atoms with Gasteiger partial charge < -0.3 is 19.0 Å². The summed E-state index contributed by atoms with van der Waals surface area (Å²) in [6, 6.07) is 21.3. The van der Waals surface area contributed by atoms with Crippen LogP contribution >= 0.6 is 0 Å². The molecule has 168 valence electrons. The van der Waals surface area contributed by atoms with E-state index in [2.05, 4.69) is 4.90 Å². The molecule has 0 aliphatic carbocycles. The van der Waals surface area contributed by atoms with Crippen LogP contribution in [0.2, 0.25) is 0 Å². The van der Waals surface area contributed by atoms with E-state index >= 15 is 0 Å². The summed E-state index contributed by atoms with van der Waals surface area (Å²) >= 11 is 0. The van der Waals surface area contributed by atoms with Crippen molar-refractivity contribution in [2.24, 2.45) is 0 Å². The molecule has 0 unspecified atom stereocenters. The number of alkyl halides is 1. The second-order valence-corrected chi connectivity index (χ2v) is 7.99. The normalized spacial score (nSPS) is 14.9. The van der Waals surface area contributed by atoms with Gasteiger partial charge in [0, 0.05) is 31.4 Å². The molecule has 0 spiro atoms. The first kappa shape index (κ1) is 22.1. The van der Waals surface area contributed by atoms with Crippen LogP contribution in [0.3, 0.4) is 0 Å². The average Bonchev–Trinajstić information content (AvgIpc) is 3.39. The van der Waals surface area contributed by atoms with Gasteiger partial charge in [-0.15, -0.1) is 0 Å². The molecule has 3 aromatic rings. The predicted molar refractivity (Wildman–Crippen MR) is 123 cm³/mol. The first-order chi connectivity index (χ1) is 15.7. The number of carbonyl (C=O) groups excluding carboxylic acids is 1. The Balaban J connectivity index is 1.33. The van der Waals surface area contributed by atoms with Crippen molar-refractivity contribution in [3.05, 3.63) is 84.3 Å². The van der Waals surface area contributed by atoms with Crippen LogP contribution in [0.15, 0.2) is 77.4 Å². The lowest BCUT2D eigenvalue weighted by Crippen LogP contribution is -2.48. The number of nitrogens with zero attached hydrogens (tertiary/aromatic N) is 2. The first-order valence-corrected chi connectivity index (χ1v) is 11.2. The number of benzene rings is 2. The van der Waals surface area contributed by atoms with Crippen molar-refractivity contribution in [1.82, 2.24) is 4.90 Å². The monoisotopic (exact) mass is 435 g/mol. The fourth-order valence-corrected chi connectivity index (χ4v) is 4.20. The fraction of sp³-hybridized carbons (Fsp3) is 0.346. The fourth-order valence-electron chi connectivity index (χ4n) is 4.20. The van der Waals surface area contributed by atoms with Crippen molar-refractivity contribution in [2.75, 3.05) is 37.8 Å². The maximum absolute atomic E-state index is 13.2.